The van der Waals surface area contributed by atoms with Gasteiger partial charge in [-0.05, 0) is 39.8 Å². The van der Waals surface area contributed by atoms with E-state index in [2.05, 4.69) is 44.4 Å². The van der Waals surface area contributed by atoms with Crippen LogP contribution >= 0.6 is 0 Å². The third kappa shape index (κ3) is 4.81. The molecule has 6 heteroatoms. The summed E-state index contributed by atoms with van der Waals surface area (Å²) < 4.78 is 0. The molecule has 1 aliphatic carbocycles. The first-order valence-electron chi connectivity index (χ1n) is 9.25. The average Bonchev–Trinajstić information content (AvgIpc) is 3.40. The topological polar surface area (TPSA) is 46.1 Å². The van der Waals surface area contributed by atoms with Crippen LogP contribution in [0.5, 0.6) is 0 Å². The highest BCUT2D eigenvalue weighted by atomic mass is 15.3. The van der Waals surface area contributed by atoms with Gasteiger partial charge in [0.15, 0.2) is 5.96 Å². The molecule has 0 spiro atoms. The van der Waals surface area contributed by atoms with Crippen LogP contribution in [0.15, 0.2) is 4.99 Å². The van der Waals surface area contributed by atoms with Gasteiger partial charge in [-0.25, -0.2) is 0 Å². The smallest absolute Gasteiger partial charge is 0.191 e. The van der Waals surface area contributed by atoms with E-state index in [0.717, 1.165) is 31.6 Å². The Morgan fingerprint density at radius 3 is 2.43 bits per heavy atom. The van der Waals surface area contributed by atoms with Crippen molar-refractivity contribution in [2.75, 3.05) is 60.4 Å². The fourth-order valence-electron chi connectivity index (χ4n) is 3.77. The van der Waals surface area contributed by atoms with E-state index in [0.29, 0.717) is 12.1 Å². The first kappa shape index (κ1) is 17.0. The lowest BCUT2D eigenvalue weighted by Gasteiger charge is -2.38. The summed E-state index contributed by atoms with van der Waals surface area (Å²) in [6.45, 7) is 6.89. The SMILES string of the molecule is CN=C(NCC1CN(C)CCN1C)NC1CCN(C2CC2)CC1. The molecule has 2 heterocycles. The Morgan fingerprint density at radius 2 is 1.78 bits per heavy atom. The van der Waals surface area contributed by atoms with Crippen molar-refractivity contribution < 1.29 is 0 Å². The molecule has 0 aromatic rings. The Labute approximate surface area is 141 Å². The van der Waals surface area contributed by atoms with Gasteiger partial charge in [-0.3, -0.25) is 9.89 Å². The van der Waals surface area contributed by atoms with Gasteiger partial charge in [0.05, 0.1) is 0 Å². The Kier molecular flexibility index (Phi) is 5.77. The normalized spacial score (nSPS) is 29.7. The van der Waals surface area contributed by atoms with E-state index in [1.165, 1.54) is 45.3 Å². The molecule has 1 atom stereocenters. The lowest BCUT2D eigenvalue weighted by molar-refractivity contribution is 0.116. The fraction of sp³-hybridized carbons (Fsp3) is 0.941. The van der Waals surface area contributed by atoms with E-state index in [1.54, 1.807) is 0 Å². The molecule has 6 nitrogen and oxygen atoms in total. The standard InChI is InChI=1S/C17H34N6/c1-18-17(19-12-16-13-21(2)10-11-22(16)3)20-14-6-8-23(9-7-14)15-4-5-15/h14-16H,4-13H2,1-3H3,(H2,18,19,20). The summed E-state index contributed by atoms with van der Waals surface area (Å²) in [6.07, 6.45) is 5.32. The van der Waals surface area contributed by atoms with Crippen LogP contribution < -0.4 is 10.6 Å². The highest BCUT2D eigenvalue weighted by Gasteiger charge is 2.32. The van der Waals surface area contributed by atoms with Gasteiger partial charge in [-0.1, -0.05) is 0 Å². The highest BCUT2D eigenvalue weighted by molar-refractivity contribution is 5.80. The zero-order chi connectivity index (χ0) is 16.2. The molecule has 1 saturated carbocycles. The van der Waals surface area contributed by atoms with Crippen molar-refractivity contribution >= 4 is 5.96 Å². The number of likely N-dealkylation sites (N-methyl/N-ethyl adjacent to an activating group) is 2. The molecule has 1 unspecified atom stereocenters. The van der Waals surface area contributed by atoms with E-state index in [4.69, 9.17) is 0 Å². The zero-order valence-corrected chi connectivity index (χ0v) is 15.1. The minimum atomic E-state index is 0.559. The maximum Gasteiger partial charge on any atom is 0.191 e. The van der Waals surface area contributed by atoms with E-state index >= 15 is 0 Å². The number of nitrogens with one attached hydrogen (secondary N) is 2. The van der Waals surface area contributed by atoms with Crippen molar-refractivity contribution in [3.05, 3.63) is 0 Å². The molecule has 2 N–H and O–H groups in total. The molecule has 3 fully saturated rings. The Balaban J connectivity index is 1.39. The summed E-state index contributed by atoms with van der Waals surface area (Å²) in [7, 11) is 6.31. The van der Waals surface area contributed by atoms with Crippen molar-refractivity contribution in [3.8, 4) is 0 Å². The maximum atomic E-state index is 4.43. The number of rotatable bonds is 4. The second kappa shape index (κ2) is 7.81. The maximum absolute atomic E-state index is 4.43. The molecule has 3 aliphatic rings. The molecular formula is C17H34N6. The molecule has 132 valence electrons. The molecule has 2 aliphatic heterocycles. The van der Waals surface area contributed by atoms with Crippen LogP contribution in [-0.4, -0.2) is 99.2 Å². The fourth-order valence-corrected chi connectivity index (χ4v) is 3.77. The molecule has 0 bridgehead atoms. The van der Waals surface area contributed by atoms with Crippen LogP contribution in [0.4, 0.5) is 0 Å². The van der Waals surface area contributed by atoms with Gasteiger partial charge in [0.2, 0.25) is 0 Å². The first-order valence-corrected chi connectivity index (χ1v) is 9.25. The van der Waals surface area contributed by atoms with E-state index in [9.17, 15) is 0 Å². The number of hydrogen-bond acceptors (Lipinski definition) is 4. The van der Waals surface area contributed by atoms with E-state index in [1.807, 2.05) is 7.05 Å². The molecule has 0 aromatic heterocycles. The van der Waals surface area contributed by atoms with Crippen molar-refractivity contribution in [3.63, 3.8) is 0 Å². The minimum absolute atomic E-state index is 0.559. The Bertz CT molecular complexity index is 400. The number of hydrogen-bond donors (Lipinski definition) is 2. The van der Waals surface area contributed by atoms with Crippen LogP contribution in [0.3, 0.4) is 0 Å². The lowest BCUT2D eigenvalue weighted by atomic mass is 10.1. The second-order valence-electron chi connectivity index (χ2n) is 7.54. The quantitative estimate of drug-likeness (QED) is 0.565. The van der Waals surface area contributed by atoms with Crippen LogP contribution in [0.25, 0.3) is 0 Å². The average molecular weight is 323 g/mol. The van der Waals surface area contributed by atoms with Gasteiger partial charge < -0.3 is 20.4 Å². The van der Waals surface area contributed by atoms with Crippen molar-refractivity contribution in [1.29, 1.82) is 0 Å². The summed E-state index contributed by atoms with van der Waals surface area (Å²) in [6, 6.07) is 2.04. The molecular weight excluding hydrogens is 288 g/mol. The predicted octanol–water partition coefficient (Wildman–Crippen LogP) is 0.0240. The van der Waals surface area contributed by atoms with E-state index < -0.39 is 0 Å². The third-order valence-corrected chi connectivity index (χ3v) is 5.64. The number of nitrogens with zero attached hydrogens (tertiary/aromatic N) is 4. The monoisotopic (exact) mass is 322 g/mol. The van der Waals surface area contributed by atoms with Crippen molar-refractivity contribution in [1.82, 2.24) is 25.3 Å². The summed E-state index contributed by atoms with van der Waals surface area (Å²) in [5, 5.41) is 7.17. The number of aliphatic imine (C=N–C) groups is 1. The number of likely N-dealkylation sites (tertiary alicyclic amines) is 1. The van der Waals surface area contributed by atoms with Crippen LogP contribution in [0.1, 0.15) is 25.7 Å². The Hall–Kier alpha value is -0.850. The predicted molar refractivity (Wildman–Crippen MR) is 96.0 cm³/mol. The summed E-state index contributed by atoms with van der Waals surface area (Å²) in [5.41, 5.74) is 0. The van der Waals surface area contributed by atoms with Gasteiger partial charge >= 0.3 is 0 Å². The Morgan fingerprint density at radius 1 is 1.04 bits per heavy atom. The second-order valence-corrected chi connectivity index (χ2v) is 7.54. The zero-order valence-electron chi connectivity index (χ0n) is 15.1. The van der Waals surface area contributed by atoms with Crippen LogP contribution in [-0.2, 0) is 0 Å². The van der Waals surface area contributed by atoms with Gasteiger partial charge in [-0.15, -0.1) is 0 Å². The van der Waals surface area contributed by atoms with Gasteiger partial charge in [-0.2, -0.15) is 0 Å². The largest absolute Gasteiger partial charge is 0.355 e. The summed E-state index contributed by atoms with van der Waals surface area (Å²) >= 11 is 0. The number of piperidine rings is 1. The van der Waals surface area contributed by atoms with Gasteiger partial charge in [0, 0.05) is 64.4 Å². The van der Waals surface area contributed by atoms with Gasteiger partial charge in [0.1, 0.15) is 0 Å². The van der Waals surface area contributed by atoms with Crippen molar-refractivity contribution in [2.45, 2.75) is 43.8 Å². The van der Waals surface area contributed by atoms with Crippen LogP contribution in [0.2, 0.25) is 0 Å². The molecule has 0 radical (unpaired) electrons. The summed E-state index contributed by atoms with van der Waals surface area (Å²) in [5.74, 6) is 0.969. The molecule has 23 heavy (non-hydrogen) atoms. The minimum Gasteiger partial charge on any atom is -0.355 e. The molecule has 2 saturated heterocycles. The van der Waals surface area contributed by atoms with Crippen molar-refractivity contribution in [2.24, 2.45) is 4.99 Å². The third-order valence-electron chi connectivity index (χ3n) is 5.64. The van der Waals surface area contributed by atoms with Gasteiger partial charge in [0.25, 0.3) is 0 Å². The van der Waals surface area contributed by atoms with E-state index in [-0.39, 0.29) is 0 Å². The van der Waals surface area contributed by atoms with Crippen LogP contribution in [0, 0.1) is 0 Å². The summed E-state index contributed by atoms with van der Waals surface area (Å²) in [4.78, 5) is 12.0. The first-order chi connectivity index (χ1) is 11.2. The molecule has 3 rings (SSSR count). The lowest BCUT2D eigenvalue weighted by Crippen LogP contribution is -2.56. The number of piperazine rings is 1. The highest BCUT2D eigenvalue weighted by Crippen LogP contribution is 2.29. The number of guanidine groups is 1. The molecule has 0 aromatic carbocycles. The molecule has 0 amide bonds.